The Morgan fingerprint density at radius 2 is 2.16 bits per heavy atom. The van der Waals surface area contributed by atoms with Crippen LogP contribution in [0.15, 0.2) is 23.4 Å². The van der Waals surface area contributed by atoms with Gasteiger partial charge in [-0.25, -0.2) is 8.42 Å². The maximum atomic E-state index is 12.4. The number of hydrogen-bond donors (Lipinski definition) is 1. The average Bonchev–Trinajstić information content (AvgIpc) is 2.40. The van der Waals surface area contributed by atoms with E-state index in [9.17, 15) is 8.42 Å². The summed E-state index contributed by atoms with van der Waals surface area (Å²) < 4.78 is 31.8. The molecule has 1 aromatic heterocycles. The van der Waals surface area contributed by atoms with Gasteiger partial charge in [0.1, 0.15) is 4.90 Å². The molecule has 106 valence electrons. The van der Waals surface area contributed by atoms with Crippen LogP contribution in [0.5, 0.6) is 0 Å². The highest BCUT2D eigenvalue weighted by Gasteiger charge is 2.30. The summed E-state index contributed by atoms with van der Waals surface area (Å²) in [5, 5.41) is 0. The SMILES string of the molecule is CCOC1CCN(S(=O)(=O)c2cnccc2N)CC1. The maximum Gasteiger partial charge on any atom is 0.246 e. The number of anilines is 1. The van der Waals surface area contributed by atoms with Gasteiger partial charge in [0.15, 0.2) is 0 Å². The molecule has 1 aliphatic heterocycles. The smallest absolute Gasteiger partial charge is 0.246 e. The van der Waals surface area contributed by atoms with E-state index in [1.165, 1.54) is 22.8 Å². The molecule has 0 amide bonds. The molecule has 0 spiro atoms. The van der Waals surface area contributed by atoms with Crippen molar-refractivity contribution in [3.63, 3.8) is 0 Å². The van der Waals surface area contributed by atoms with Gasteiger partial charge in [-0.1, -0.05) is 0 Å². The van der Waals surface area contributed by atoms with Crippen molar-refractivity contribution >= 4 is 15.7 Å². The summed E-state index contributed by atoms with van der Waals surface area (Å²) in [5.41, 5.74) is 5.96. The Balaban J connectivity index is 2.12. The lowest BCUT2D eigenvalue weighted by molar-refractivity contribution is 0.0290. The molecule has 0 unspecified atom stereocenters. The molecule has 0 aromatic carbocycles. The van der Waals surface area contributed by atoms with E-state index in [2.05, 4.69) is 4.98 Å². The van der Waals surface area contributed by atoms with Crippen LogP contribution >= 0.6 is 0 Å². The van der Waals surface area contributed by atoms with Crippen molar-refractivity contribution in [2.24, 2.45) is 0 Å². The summed E-state index contributed by atoms with van der Waals surface area (Å²) >= 11 is 0. The topological polar surface area (TPSA) is 85.5 Å². The van der Waals surface area contributed by atoms with Crippen LogP contribution in [0.1, 0.15) is 19.8 Å². The van der Waals surface area contributed by atoms with E-state index in [-0.39, 0.29) is 16.7 Å². The molecule has 2 rings (SSSR count). The summed E-state index contributed by atoms with van der Waals surface area (Å²) in [7, 11) is -3.54. The third-order valence-corrected chi connectivity index (χ3v) is 5.18. The Morgan fingerprint density at radius 3 is 2.74 bits per heavy atom. The molecule has 0 aliphatic carbocycles. The number of nitrogen functional groups attached to an aromatic ring is 1. The molecule has 6 nitrogen and oxygen atoms in total. The number of rotatable bonds is 4. The highest BCUT2D eigenvalue weighted by molar-refractivity contribution is 7.89. The van der Waals surface area contributed by atoms with Gasteiger partial charge in [0.2, 0.25) is 10.0 Å². The maximum absolute atomic E-state index is 12.4. The third-order valence-electron chi connectivity index (χ3n) is 3.24. The van der Waals surface area contributed by atoms with Crippen LogP contribution in [-0.4, -0.2) is 43.5 Å². The molecule has 0 saturated carbocycles. The lowest BCUT2D eigenvalue weighted by atomic mass is 10.1. The lowest BCUT2D eigenvalue weighted by Gasteiger charge is -2.31. The lowest BCUT2D eigenvalue weighted by Crippen LogP contribution is -2.41. The van der Waals surface area contributed by atoms with Crippen LogP contribution in [0, 0.1) is 0 Å². The average molecular weight is 285 g/mol. The summed E-state index contributed by atoms with van der Waals surface area (Å²) in [4.78, 5) is 3.93. The summed E-state index contributed by atoms with van der Waals surface area (Å²) in [6, 6.07) is 1.50. The van der Waals surface area contributed by atoms with Crippen molar-refractivity contribution in [1.82, 2.24) is 9.29 Å². The molecule has 2 N–H and O–H groups in total. The van der Waals surface area contributed by atoms with Gasteiger partial charge in [0, 0.05) is 32.1 Å². The molecule has 0 atom stereocenters. The predicted molar refractivity (Wildman–Crippen MR) is 72.1 cm³/mol. The first kappa shape index (κ1) is 14.2. The summed E-state index contributed by atoms with van der Waals surface area (Å²) in [5.74, 6) is 0. The zero-order valence-electron chi connectivity index (χ0n) is 10.9. The van der Waals surface area contributed by atoms with Crippen molar-refractivity contribution in [3.05, 3.63) is 18.5 Å². The van der Waals surface area contributed by atoms with Crippen LogP contribution in [0.4, 0.5) is 5.69 Å². The molecule has 2 heterocycles. The van der Waals surface area contributed by atoms with E-state index >= 15 is 0 Å². The van der Waals surface area contributed by atoms with Gasteiger partial charge >= 0.3 is 0 Å². The van der Waals surface area contributed by atoms with E-state index in [4.69, 9.17) is 10.5 Å². The molecule has 1 aromatic rings. The fourth-order valence-electron chi connectivity index (χ4n) is 2.22. The minimum atomic E-state index is -3.54. The van der Waals surface area contributed by atoms with Crippen molar-refractivity contribution < 1.29 is 13.2 Å². The zero-order valence-corrected chi connectivity index (χ0v) is 11.8. The first-order chi connectivity index (χ1) is 9.05. The molecule has 0 radical (unpaired) electrons. The Labute approximate surface area is 113 Å². The number of nitrogens with two attached hydrogens (primary N) is 1. The number of pyridine rings is 1. The second-order valence-electron chi connectivity index (χ2n) is 4.47. The molecule has 0 bridgehead atoms. The van der Waals surface area contributed by atoms with E-state index in [0.717, 1.165) is 0 Å². The van der Waals surface area contributed by atoms with Crippen molar-refractivity contribution in [3.8, 4) is 0 Å². The monoisotopic (exact) mass is 285 g/mol. The number of piperidine rings is 1. The van der Waals surface area contributed by atoms with E-state index in [1.54, 1.807) is 0 Å². The van der Waals surface area contributed by atoms with Crippen LogP contribution in [0.2, 0.25) is 0 Å². The van der Waals surface area contributed by atoms with Gasteiger partial charge in [-0.05, 0) is 25.8 Å². The number of aromatic nitrogens is 1. The number of sulfonamides is 1. The third kappa shape index (κ3) is 3.05. The highest BCUT2D eigenvalue weighted by atomic mass is 32.2. The van der Waals surface area contributed by atoms with E-state index in [1.807, 2.05) is 6.92 Å². The Morgan fingerprint density at radius 1 is 1.47 bits per heavy atom. The summed E-state index contributed by atoms with van der Waals surface area (Å²) in [6.45, 7) is 3.52. The second kappa shape index (κ2) is 5.85. The van der Waals surface area contributed by atoms with Crippen LogP contribution < -0.4 is 5.73 Å². The van der Waals surface area contributed by atoms with Gasteiger partial charge in [0.05, 0.1) is 11.8 Å². The number of ether oxygens (including phenoxy) is 1. The molecule has 7 heteroatoms. The van der Waals surface area contributed by atoms with Gasteiger partial charge in [-0.3, -0.25) is 4.98 Å². The quantitative estimate of drug-likeness (QED) is 0.886. The van der Waals surface area contributed by atoms with E-state index in [0.29, 0.717) is 32.5 Å². The number of nitrogens with zero attached hydrogens (tertiary/aromatic N) is 2. The minimum Gasteiger partial charge on any atom is -0.398 e. The molecule has 1 aliphatic rings. The minimum absolute atomic E-state index is 0.0878. The van der Waals surface area contributed by atoms with Crippen LogP contribution in [0.3, 0.4) is 0 Å². The Bertz CT molecular complexity index is 525. The van der Waals surface area contributed by atoms with Crippen molar-refractivity contribution in [2.45, 2.75) is 30.8 Å². The molecular formula is C12H19N3O3S. The number of hydrogen-bond acceptors (Lipinski definition) is 5. The first-order valence-electron chi connectivity index (χ1n) is 6.37. The molecule has 1 fully saturated rings. The molecule has 19 heavy (non-hydrogen) atoms. The summed E-state index contributed by atoms with van der Waals surface area (Å²) in [6.07, 6.45) is 4.37. The van der Waals surface area contributed by atoms with Crippen LogP contribution in [-0.2, 0) is 14.8 Å². The molecule has 1 saturated heterocycles. The van der Waals surface area contributed by atoms with Crippen molar-refractivity contribution in [1.29, 1.82) is 0 Å². The van der Waals surface area contributed by atoms with Gasteiger partial charge in [-0.2, -0.15) is 4.31 Å². The van der Waals surface area contributed by atoms with E-state index < -0.39 is 10.0 Å². The predicted octanol–water partition coefficient (Wildman–Crippen LogP) is 0.853. The van der Waals surface area contributed by atoms with Crippen molar-refractivity contribution in [2.75, 3.05) is 25.4 Å². The second-order valence-corrected chi connectivity index (χ2v) is 6.38. The van der Waals surface area contributed by atoms with Gasteiger partial charge < -0.3 is 10.5 Å². The van der Waals surface area contributed by atoms with Gasteiger partial charge in [-0.15, -0.1) is 0 Å². The fourth-order valence-corrected chi connectivity index (χ4v) is 3.75. The van der Waals surface area contributed by atoms with Gasteiger partial charge in [0.25, 0.3) is 0 Å². The Hall–Kier alpha value is -1.18. The normalized spacial score (nSPS) is 18.6. The largest absolute Gasteiger partial charge is 0.398 e. The molecular weight excluding hydrogens is 266 g/mol. The highest BCUT2D eigenvalue weighted by Crippen LogP contribution is 2.24. The standard InChI is InChI=1S/C12H19N3O3S/c1-2-18-10-4-7-15(8-5-10)19(16,17)12-9-14-6-3-11(12)13/h3,6,9-10H,2,4-5,7-8H2,1H3,(H2,13,14). The Kier molecular flexibility index (Phi) is 4.38. The first-order valence-corrected chi connectivity index (χ1v) is 7.81. The fraction of sp³-hybridized carbons (Fsp3) is 0.583. The van der Waals surface area contributed by atoms with Crippen LogP contribution in [0.25, 0.3) is 0 Å². The zero-order chi connectivity index (χ0) is 13.9.